The van der Waals surface area contributed by atoms with Crippen molar-refractivity contribution < 1.29 is 29.3 Å². The quantitative estimate of drug-likeness (QED) is 0.650. The number of rotatable bonds is 8. The van der Waals surface area contributed by atoms with Gasteiger partial charge in [-0.3, -0.25) is 9.59 Å². The Morgan fingerprint density at radius 2 is 1.95 bits per heavy atom. The summed E-state index contributed by atoms with van der Waals surface area (Å²) in [6.45, 7) is 0.0344. The summed E-state index contributed by atoms with van der Waals surface area (Å²) in [5.74, 6) is -1.24. The van der Waals surface area contributed by atoms with Crippen molar-refractivity contribution in [3.63, 3.8) is 0 Å². The van der Waals surface area contributed by atoms with E-state index >= 15 is 0 Å². The summed E-state index contributed by atoms with van der Waals surface area (Å²) in [5, 5.41) is 20.5. The van der Waals surface area contributed by atoms with Gasteiger partial charge in [-0.2, -0.15) is 0 Å². The van der Waals surface area contributed by atoms with Gasteiger partial charge in [-0.1, -0.05) is 0 Å². The third kappa shape index (κ3) is 4.13. The van der Waals surface area contributed by atoms with Gasteiger partial charge in [0.15, 0.2) is 0 Å². The zero-order chi connectivity index (χ0) is 15.1. The molecule has 0 aromatic heterocycles. The van der Waals surface area contributed by atoms with Crippen LogP contribution in [0.4, 0.5) is 0 Å². The van der Waals surface area contributed by atoms with Gasteiger partial charge in [0, 0.05) is 12.1 Å². The lowest BCUT2D eigenvalue weighted by Gasteiger charge is -2.18. The minimum Gasteiger partial charge on any atom is -0.497 e. The van der Waals surface area contributed by atoms with E-state index in [1.165, 1.54) is 14.2 Å². The molecule has 0 spiro atoms. The van der Waals surface area contributed by atoms with Crippen molar-refractivity contribution in [1.82, 2.24) is 5.32 Å². The maximum atomic E-state index is 11.3. The van der Waals surface area contributed by atoms with Crippen molar-refractivity contribution >= 4 is 11.9 Å². The summed E-state index contributed by atoms with van der Waals surface area (Å²) in [5.41, 5.74) is 0.379. The van der Waals surface area contributed by atoms with Gasteiger partial charge in [-0.05, 0) is 18.2 Å². The van der Waals surface area contributed by atoms with Crippen molar-refractivity contribution in [2.45, 2.75) is 12.5 Å². The van der Waals surface area contributed by atoms with Crippen LogP contribution in [-0.4, -0.2) is 42.9 Å². The summed E-state index contributed by atoms with van der Waals surface area (Å²) in [6.07, 6.45) is -0.171. The van der Waals surface area contributed by atoms with Crippen molar-refractivity contribution in [2.75, 3.05) is 20.8 Å². The molecule has 1 aromatic rings. The lowest BCUT2D eigenvalue weighted by atomic mass is 10.0. The lowest BCUT2D eigenvalue weighted by Crippen LogP contribution is -2.30. The molecule has 20 heavy (non-hydrogen) atoms. The van der Waals surface area contributed by atoms with Crippen molar-refractivity contribution in [3.8, 4) is 11.5 Å². The van der Waals surface area contributed by atoms with Gasteiger partial charge in [0.2, 0.25) is 0 Å². The van der Waals surface area contributed by atoms with Crippen LogP contribution in [0.25, 0.3) is 0 Å². The standard InChI is InChI=1S/C13H17NO6/c1-19-8-3-4-10(20-2)9(7-8)12(13(17)18)14-6-5-11(15)16/h3-4,7,12,14H,5-6H2,1-2H3,(H,15,16)(H,17,18). The Morgan fingerprint density at radius 3 is 2.45 bits per heavy atom. The second-order valence-electron chi connectivity index (χ2n) is 3.98. The van der Waals surface area contributed by atoms with Crippen LogP contribution in [0.1, 0.15) is 18.0 Å². The molecule has 110 valence electrons. The first kappa shape index (κ1) is 15.8. The second-order valence-corrected chi connectivity index (χ2v) is 3.98. The Morgan fingerprint density at radius 1 is 1.25 bits per heavy atom. The van der Waals surface area contributed by atoms with Gasteiger partial charge in [0.05, 0.1) is 20.6 Å². The van der Waals surface area contributed by atoms with E-state index in [1.54, 1.807) is 18.2 Å². The average Bonchev–Trinajstić information content (AvgIpc) is 2.42. The fourth-order valence-corrected chi connectivity index (χ4v) is 1.72. The molecule has 0 saturated carbocycles. The molecule has 0 radical (unpaired) electrons. The van der Waals surface area contributed by atoms with Gasteiger partial charge < -0.3 is 25.0 Å². The van der Waals surface area contributed by atoms with E-state index in [4.69, 9.17) is 14.6 Å². The van der Waals surface area contributed by atoms with Crippen LogP contribution in [-0.2, 0) is 9.59 Å². The highest BCUT2D eigenvalue weighted by Gasteiger charge is 2.23. The highest BCUT2D eigenvalue weighted by atomic mass is 16.5. The summed E-state index contributed by atoms with van der Waals surface area (Å²) < 4.78 is 10.2. The highest BCUT2D eigenvalue weighted by molar-refractivity contribution is 5.77. The number of benzene rings is 1. The van der Waals surface area contributed by atoms with Gasteiger partial charge in [-0.15, -0.1) is 0 Å². The Balaban J connectivity index is 3.00. The predicted octanol–water partition coefficient (Wildman–Crippen LogP) is 0.894. The van der Waals surface area contributed by atoms with Gasteiger partial charge in [-0.25, -0.2) is 0 Å². The number of hydrogen-bond acceptors (Lipinski definition) is 5. The van der Waals surface area contributed by atoms with Crippen LogP contribution in [0.2, 0.25) is 0 Å². The fraction of sp³-hybridized carbons (Fsp3) is 0.385. The maximum Gasteiger partial charge on any atom is 0.325 e. The molecular formula is C13H17NO6. The SMILES string of the molecule is COc1ccc(OC)c(C(NCCC(=O)O)C(=O)O)c1. The Bertz CT molecular complexity index is 488. The predicted molar refractivity (Wildman–Crippen MR) is 70.2 cm³/mol. The molecule has 0 heterocycles. The average molecular weight is 283 g/mol. The zero-order valence-corrected chi connectivity index (χ0v) is 11.3. The summed E-state index contributed by atoms with van der Waals surface area (Å²) in [6, 6.07) is 3.73. The first-order chi connectivity index (χ1) is 9.49. The molecule has 3 N–H and O–H groups in total. The Kier molecular flexibility index (Phi) is 5.79. The van der Waals surface area contributed by atoms with Crippen LogP contribution < -0.4 is 14.8 Å². The molecule has 0 aliphatic rings. The maximum absolute atomic E-state index is 11.3. The minimum absolute atomic E-state index is 0.0344. The molecule has 0 amide bonds. The number of hydrogen-bond donors (Lipinski definition) is 3. The van der Waals surface area contributed by atoms with E-state index in [0.29, 0.717) is 17.1 Å². The number of methoxy groups -OCH3 is 2. The summed E-state index contributed by atoms with van der Waals surface area (Å²) in [4.78, 5) is 21.8. The molecule has 0 bridgehead atoms. The molecule has 7 heteroatoms. The number of aliphatic carboxylic acids is 2. The number of nitrogens with one attached hydrogen (secondary N) is 1. The van der Waals surface area contributed by atoms with E-state index in [1.807, 2.05) is 0 Å². The van der Waals surface area contributed by atoms with Gasteiger partial charge in [0.1, 0.15) is 17.5 Å². The molecule has 1 atom stereocenters. The number of ether oxygens (including phenoxy) is 2. The molecule has 1 unspecified atom stereocenters. The molecule has 0 aliphatic carbocycles. The summed E-state index contributed by atoms with van der Waals surface area (Å²) in [7, 11) is 2.90. The van der Waals surface area contributed by atoms with Gasteiger partial charge >= 0.3 is 11.9 Å². The van der Waals surface area contributed by atoms with E-state index in [0.717, 1.165) is 0 Å². The van der Waals surface area contributed by atoms with Crippen molar-refractivity contribution in [3.05, 3.63) is 23.8 Å². The number of carboxylic acids is 2. The van der Waals surface area contributed by atoms with Crippen LogP contribution in [0.15, 0.2) is 18.2 Å². The molecular weight excluding hydrogens is 266 g/mol. The fourth-order valence-electron chi connectivity index (χ4n) is 1.72. The number of carboxylic acid groups (broad SMARTS) is 2. The lowest BCUT2D eigenvalue weighted by molar-refractivity contribution is -0.141. The Hall–Kier alpha value is -2.28. The second kappa shape index (κ2) is 7.34. The topological polar surface area (TPSA) is 105 Å². The van der Waals surface area contributed by atoms with E-state index in [9.17, 15) is 14.7 Å². The van der Waals surface area contributed by atoms with Crippen LogP contribution in [0.5, 0.6) is 11.5 Å². The largest absolute Gasteiger partial charge is 0.497 e. The Labute approximate surface area is 116 Å². The van der Waals surface area contributed by atoms with Crippen molar-refractivity contribution in [2.24, 2.45) is 0 Å². The van der Waals surface area contributed by atoms with Gasteiger partial charge in [0.25, 0.3) is 0 Å². The van der Waals surface area contributed by atoms with Crippen LogP contribution in [0.3, 0.4) is 0 Å². The van der Waals surface area contributed by atoms with Crippen LogP contribution in [0, 0.1) is 0 Å². The molecule has 0 aliphatic heterocycles. The monoisotopic (exact) mass is 283 g/mol. The summed E-state index contributed by atoms with van der Waals surface area (Å²) >= 11 is 0. The zero-order valence-electron chi connectivity index (χ0n) is 11.3. The molecule has 1 rings (SSSR count). The third-order valence-corrected chi connectivity index (χ3v) is 2.68. The third-order valence-electron chi connectivity index (χ3n) is 2.68. The first-order valence-corrected chi connectivity index (χ1v) is 5.89. The van der Waals surface area contributed by atoms with Crippen LogP contribution >= 0.6 is 0 Å². The molecule has 7 nitrogen and oxygen atoms in total. The van der Waals surface area contributed by atoms with E-state index in [2.05, 4.69) is 5.32 Å². The molecule has 1 aromatic carbocycles. The number of carbonyl (C=O) groups is 2. The van der Waals surface area contributed by atoms with E-state index in [-0.39, 0.29) is 13.0 Å². The normalized spacial score (nSPS) is 11.7. The minimum atomic E-state index is -1.12. The first-order valence-electron chi connectivity index (χ1n) is 5.89. The molecule has 0 saturated heterocycles. The smallest absolute Gasteiger partial charge is 0.325 e. The highest BCUT2D eigenvalue weighted by Crippen LogP contribution is 2.29. The van der Waals surface area contributed by atoms with E-state index < -0.39 is 18.0 Å². The molecule has 0 fully saturated rings. The van der Waals surface area contributed by atoms with Crippen molar-refractivity contribution in [1.29, 1.82) is 0 Å².